The summed E-state index contributed by atoms with van der Waals surface area (Å²) in [5, 5.41) is 9.49. The molecule has 1 aromatic rings. The number of hydrogen-bond acceptors (Lipinski definition) is 5. The van der Waals surface area contributed by atoms with Crippen LogP contribution >= 0.6 is 0 Å². The van der Waals surface area contributed by atoms with E-state index in [0.717, 1.165) is 0 Å². The first kappa shape index (κ1) is 12.2. The van der Waals surface area contributed by atoms with Crippen LogP contribution in [0.5, 0.6) is 0 Å². The zero-order chi connectivity index (χ0) is 12.1. The molecular weight excluding hydrogens is 212 g/mol. The number of carbonyl (C=O) groups is 2. The molecule has 0 fully saturated rings. The molecule has 0 spiro atoms. The van der Waals surface area contributed by atoms with Crippen LogP contribution in [0.25, 0.3) is 0 Å². The Hall–Kier alpha value is -1.88. The summed E-state index contributed by atoms with van der Waals surface area (Å²) in [6, 6.07) is 5.86. The van der Waals surface area contributed by atoms with Crippen molar-refractivity contribution in [3.8, 4) is 0 Å². The van der Waals surface area contributed by atoms with Crippen molar-refractivity contribution in [1.29, 1.82) is 0 Å². The monoisotopic (exact) mass is 224 g/mol. The molecule has 0 saturated heterocycles. The largest absolute Gasteiger partial charge is 0.467 e. The fourth-order valence-electron chi connectivity index (χ4n) is 1.17. The molecule has 1 rings (SSSR count). The Morgan fingerprint density at radius 3 is 2.12 bits per heavy atom. The molecule has 0 bridgehead atoms. The molecular formula is C11H12O5. The molecule has 0 amide bonds. The van der Waals surface area contributed by atoms with E-state index in [4.69, 9.17) is 0 Å². The Morgan fingerprint density at radius 2 is 1.69 bits per heavy atom. The van der Waals surface area contributed by atoms with Gasteiger partial charge in [-0.05, 0) is 17.7 Å². The summed E-state index contributed by atoms with van der Waals surface area (Å²) in [5.74, 6) is -1.22. The average Bonchev–Trinajstić information content (AvgIpc) is 2.36. The van der Waals surface area contributed by atoms with Crippen LogP contribution in [0.2, 0.25) is 0 Å². The van der Waals surface area contributed by atoms with Gasteiger partial charge in [0.05, 0.1) is 19.8 Å². The Labute approximate surface area is 92.6 Å². The molecule has 5 nitrogen and oxygen atoms in total. The molecule has 0 heterocycles. The molecule has 1 unspecified atom stereocenters. The van der Waals surface area contributed by atoms with Gasteiger partial charge in [0, 0.05) is 0 Å². The third-order valence-electron chi connectivity index (χ3n) is 2.07. The van der Waals surface area contributed by atoms with Crippen LogP contribution in [0.4, 0.5) is 0 Å². The number of ether oxygens (including phenoxy) is 2. The Bertz CT molecular complexity index is 382. The van der Waals surface area contributed by atoms with Crippen LogP contribution < -0.4 is 0 Å². The number of carbonyl (C=O) groups excluding carboxylic acids is 2. The maximum absolute atomic E-state index is 11.1. The summed E-state index contributed by atoms with van der Waals surface area (Å²) in [6.45, 7) is 0. The van der Waals surface area contributed by atoms with Crippen LogP contribution in [0, 0.1) is 0 Å². The highest BCUT2D eigenvalue weighted by molar-refractivity contribution is 5.89. The lowest BCUT2D eigenvalue weighted by Crippen LogP contribution is -2.13. The topological polar surface area (TPSA) is 72.8 Å². The van der Waals surface area contributed by atoms with E-state index >= 15 is 0 Å². The van der Waals surface area contributed by atoms with Crippen molar-refractivity contribution in [3.05, 3.63) is 35.4 Å². The summed E-state index contributed by atoms with van der Waals surface area (Å²) < 4.78 is 8.90. The van der Waals surface area contributed by atoms with Gasteiger partial charge >= 0.3 is 11.9 Å². The Kier molecular flexibility index (Phi) is 4.02. The molecule has 0 aliphatic heterocycles. The molecule has 0 aliphatic rings. The molecule has 0 radical (unpaired) electrons. The van der Waals surface area contributed by atoms with Gasteiger partial charge in [-0.15, -0.1) is 0 Å². The van der Waals surface area contributed by atoms with E-state index in [1.807, 2.05) is 0 Å². The summed E-state index contributed by atoms with van der Waals surface area (Å²) in [6.07, 6.45) is -1.34. The highest BCUT2D eigenvalue weighted by atomic mass is 16.5. The Balaban J connectivity index is 2.86. The molecule has 1 aromatic carbocycles. The SMILES string of the molecule is COC(=O)c1ccc(C(O)C(=O)OC)cc1. The second kappa shape index (κ2) is 5.27. The number of rotatable bonds is 3. The minimum absolute atomic E-state index is 0.350. The number of hydrogen-bond donors (Lipinski definition) is 1. The standard InChI is InChI=1S/C11H12O5/c1-15-10(13)8-5-3-7(4-6-8)9(12)11(14)16-2/h3-6,9,12H,1-2H3. The minimum atomic E-state index is -1.34. The molecule has 1 N–H and O–H groups in total. The summed E-state index contributed by atoms with van der Waals surface area (Å²) in [5.41, 5.74) is 0.711. The van der Waals surface area contributed by atoms with Gasteiger partial charge in [-0.3, -0.25) is 0 Å². The van der Waals surface area contributed by atoms with Crippen molar-refractivity contribution < 1.29 is 24.2 Å². The van der Waals surface area contributed by atoms with Gasteiger partial charge in [0.2, 0.25) is 0 Å². The van der Waals surface area contributed by atoms with Crippen LogP contribution in [0.15, 0.2) is 24.3 Å². The van der Waals surface area contributed by atoms with Crippen molar-refractivity contribution >= 4 is 11.9 Å². The van der Waals surface area contributed by atoms with Crippen LogP contribution in [-0.4, -0.2) is 31.3 Å². The van der Waals surface area contributed by atoms with Gasteiger partial charge in [0.15, 0.2) is 6.10 Å². The van der Waals surface area contributed by atoms with Gasteiger partial charge in [-0.2, -0.15) is 0 Å². The molecule has 16 heavy (non-hydrogen) atoms. The number of benzene rings is 1. The van der Waals surface area contributed by atoms with Gasteiger partial charge in [-0.25, -0.2) is 9.59 Å². The Morgan fingerprint density at radius 1 is 1.12 bits per heavy atom. The van der Waals surface area contributed by atoms with Crippen molar-refractivity contribution in [1.82, 2.24) is 0 Å². The summed E-state index contributed by atoms with van der Waals surface area (Å²) in [4.78, 5) is 22.1. The van der Waals surface area contributed by atoms with Crippen LogP contribution in [0.1, 0.15) is 22.0 Å². The maximum atomic E-state index is 11.1. The normalized spacial score (nSPS) is 11.7. The first-order valence-corrected chi connectivity index (χ1v) is 4.54. The molecule has 1 atom stereocenters. The zero-order valence-electron chi connectivity index (χ0n) is 8.97. The molecule has 0 aliphatic carbocycles. The van der Waals surface area contributed by atoms with Crippen molar-refractivity contribution in [2.45, 2.75) is 6.10 Å². The van der Waals surface area contributed by atoms with E-state index in [1.165, 1.54) is 38.5 Å². The van der Waals surface area contributed by atoms with Crippen molar-refractivity contribution in [2.24, 2.45) is 0 Å². The van der Waals surface area contributed by atoms with Gasteiger partial charge in [0.1, 0.15) is 0 Å². The van der Waals surface area contributed by atoms with Crippen LogP contribution in [-0.2, 0) is 14.3 Å². The van der Waals surface area contributed by atoms with E-state index in [0.29, 0.717) is 11.1 Å². The second-order valence-corrected chi connectivity index (χ2v) is 3.04. The van der Waals surface area contributed by atoms with Gasteiger partial charge < -0.3 is 14.6 Å². The van der Waals surface area contributed by atoms with E-state index < -0.39 is 18.0 Å². The fraction of sp³-hybridized carbons (Fsp3) is 0.273. The lowest BCUT2D eigenvalue weighted by molar-refractivity contribution is -0.150. The van der Waals surface area contributed by atoms with E-state index in [9.17, 15) is 14.7 Å². The highest BCUT2D eigenvalue weighted by Crippen LogP contribution is 2.15. The van der Waals surface area contributed by atoms with Gasteiger partial charge in [0.25, 0.3) is 0 Å². The number of aliphatic hydroxyl groups excluding tert-OH is 1. The molecule has 5 heteroatoms. The molecule has 86 valence electrons. The predicted octanol–water partition coefficient (Wildman–Crippen LogP) is 0.680. The quantitative estimate of drug-likeness (QED) is 0.764. The maximum Gasteiger partial charge on any atom is 0.339 e. The molecule has 0 saturated carbocycles. The lowest BCUT2D eigenvalue weighted by Gasteiger charge is -2.08. The third kappa shape index (κ3) is 2.58. The minimum Gasteiger partial charge on any atom is -0.467 e. The summed E-state index contributed by atoms with van der Waals surface area (Å²) >= 11 is 0. The number of esters is 2. The fourth-order valence-corrected chi connectivity index (χ4v) is 1.17. The first-order valence-electron chi connectivity index (χ1n) is 4.54. The van der Waals surface area contributed by atoms with E-state index in [-0.39, 0.29) is 0 Å². The molecule has 0 aromatic heterocycles. The lowest BCUT2D eigenvalue weighted by atomic mass is 10.1. The average molecular weight is 224 g/mol. The first-order chi connectivity index (χ1) is 7.60. The summed E-state index contributed by atoms with van der Waals surface area (Å²) in [7, 11) is 2.47. The van der Waals surface area contributed by atoms with Crippen molar-refractivity contribution in [2.75, 3.05) is 14.2 Å². The van der Waals surface area contributed by atoms with Gasteiger partial charge in [-0.1, -0.05) is 12.1 Å². The van der Waals surface area contributed by atoms with Crippen molar-refractivity contribution in [3.63, 3.8) is 0 Å². The van der Waals surface area contributed by atoms with E-state index in [1.54, 1.807) is 0 Å². The number of methoxy groups -OCH3 is 2. The highest BCUT2D eigenvalue weighted by Gasteiger charge is 2.18. The predicted molar refractivity (Wildman–Crippen MR) is 54.8 cm³/mol. The third-order valence-corrected chi connectivity index (χ3v) is 2.07. The second-order valence-electron chi connectivity index (χ2n) is 3.04. The van der Waals surface area contributed by atoms with E-state index in [2.05, 4.69) is 9.47 Å². The zero-order valence-corrected chi connectivity index (χ0v) is 8.97. The smallest absolute Gasteiger partial charge is 0.339 e. The van der Waals surface area contributed by atoms with Crippen LogP contribution in [0.3, 0.4) is 0 Å². The number of aliphatic hydroxyl groups is 1.